The van der Waals surface area contributed by atoms with Gasteiger partial charge in [0.1, 0.15) is 7.85 Å². The maximum absolute atomic E-state index is 5.48. The predicted octanol–water partition coefficient (Wildman–Crippen LogP) is 1.79. The SMILES string of the molecule is [B]C1=NC(I)=CC=CC1. The van der Waals surface area contributed by atoms with Crippen LogP contribution in [0.15, 0.2) is 26.9 Å². The summed E-state index contributed by atoms with van der Waals surface area (Å²) in [5.41, 5.74) is 0.685. The molecule has 0 aromatic rings. The Balaban J connectivity index is 2.82. The van der Waals surface area contributed by atoms with E-state index in [-0.39, 0.29) is 0 Å². The summed E-state index contributed by atoms with van der Waals surface area (Å²) in [4.78, 5) is 4.06. The first-order valence-electron chi connectivity index (χ1n) is 2.64. The van der Waals surface area contributed by atoms with E-state index >= 15 is 0 Å². The van der Waals surface area contributed by atoms with E-state index < -0.39 is 0 Å². The number of aliphatic imine (C=N–C) groups is 1. The van der Waals surface area contributed by atoms with Gasteiger partial charge in [-0.15, -0.1) is 0 Å². The van der Waals surface area contributed by atoms with E-state index in [0.717, 1.165) is 10.1 Å². The Kier molecular flexibility index (Phi) is 2.51. The standard InChI is InChI=1S/C6H5BIN/c7-5-3-1-2-4-6(8)9-5/h1-2,4H,3H2. The van der Waals surface area contributed by atoms with E-state index in [1.807, 2.05) is 18.2 Å². The first kappa shape index (κ1) is 7.06. The Labute approximate surface area is 69.5 Å². The van der Waals surface area contributed by atoms with E-state index in [0.29, 0.717) is 5.61 Å². The molecule has 0 unspecified atom stereocenters. The second-order valence-electron chi connectivity index (χ2n) is 1.72. The van der Waals surface area contributed by atoms with E-state index in [9.17, 15) is 0 Å². The lowest BCUT2D eigenvalue weighted by Gasteiger charge is -1.89. The van der Waals surface area contributed by atoms with Gasteiger partial charge in [-0.1, -0.05) is 12.2 Å². The second-order valence-corrected chi connectivity index (χ2v) is 2.83. The summed E-state index contributed by atoms with van der Waals surface area (Å²) in [6.45, 7) is 0. The van der Waals surface area contributed by atoms with Crippen molar-refractivity contribution in [1.29, 1.82) is 0 Å². The summed E-state index contributed by atoms with van der Waals surface area (Å²) in [7, 11) is 5.48. The molecule has 0 saturated carbocycles. The van der Waals surface area contributed by atoms with Crippen LogP contribution >= 0.6 is 22.6 Å². The molecule has 0 aromatic carbocycles. The van der Waals surface area contributed by atoms with Crippen LogP contribution in [-0.4, -0.2) is 13.5 Å². The van der Waals surface area contributed by atoms with Crippen LogP contribution in [0.5, 0.6) is 0 Å². The van der Waals surface area contributed by atoms with Crippen LogP contribution in [0.3, 0.4) is 0 Å². The van der Waals surface area contributed by atoms with E-state index in [1.54, 1.807) is 0 Å². The Hall–Kier alpha value is -0.0551. The molecule has 0 N–H and O–H groups in total. The molecule has 0 spiro atoms. The number of allylic oxidation sites excluding steroid dienone is 3. The number of nitrogens with zero attached hydrogens (tertiary/aromatic N) is 1. The average molecular weight is 229 g/mol. The fourth-order valence-corrected chi connectivity index (χ4v) is 1.07. The first-order valence-corrected chi connectivity index (χ1v) is 3.72. The molecule has 1 aliphatic heterocycles. The van der Waals surface area contributed by atoms with Crippen LogP contribution in [0.25, 0.3) is 0 Å². The molecule has 1 heterocycles. The summed E-state index contributed by atoms with van der Waals surface area (Å²) >= 11 is 2.14. The number of rotatable bonds is 0. The molecule has 2 radical (unpaired) electrons. The van der Waals surface area contributed by atoms with Crippen LogP contribution in [0.1, 0.15) is 6.42 Å². The normalized spacial score (nSPS) is 18.3. The first-order chi connectivity index (χ1) is 4.29. The van der Waals surface area contributed by atoms with E-state index in [2.05, 4.69) is 27.6 Å². The molecule has 0 bridgehead atoms. The number of hydrogen-bond acceptors (Lipinski definition) is 1. The predicted molar refractivity (Wildman–Crippen MR) is 49.0 cm³/mol. The highest BCUT2D eigenvalue weighted by atomic mass is 127. The fourth-order valence-electron chi connectivity index (χ4n) is 0.556. The van der Waals surface area contributed by atoms with Crippen molar-refractivity contribution >= 4 is 36.0 Å². The Bertz CT molecular complexity index is 193. The van der Waals surface area contributed by atoms with Crippen LogP contribution in [-0.2, 0) is 0 Å². The molecule has 44 valence electrons. The molecule has 0 fully saturated rings. The zero-order valence-corrected chi connectivity index (χ0v) is 7.00. The van der Waals surface area contributed by atoms with Crippen LogP contribution in [0.4, 0.5) is 0 Å². The molecule has 0 atom stereocenters. The van der Waals surface area contributed by atoms with Gasteiger partial charge in [0.25, 0.3) is 0 Å². The van der Waals surface area contributed by atoms with Crippen LogP contribution in [0.2, 0.25) is 0 Å². The van der Waals surface area contributed by atoms with Crippen molar-refractivity contribution in [2.24, 2.45) is 4.99 Å². The smallest absolute Gasteiger partial charge is 0.136 e. The molecule has 3 heteroatoms. The summed E-state index contributed by atoms with van der Waals surface area (Å²) < 4.78 is 0.943. The topological polar surface area (TPSA) is 12.4 Å². The maximum atomic E-state index is 5.48. The largest absolute Gasteiger partial charge is 0.262 e. The Morgan fingerprint density at radius 1 is 1.67 bits per heavy atom. The van der Waals surface area contributed by atoms with Crippen molar-refractivity contribution in [2.75, 3.05) is 0 Å². The lowest BCUT2D eigenvalue weighted by molar-refractivity contribution is 1.48. The Morgan fingerprint density at radius 2 is 2.44 bits per heavy atom. The van der Waals surface area contributed by atoms with Crippen molar-refractivity contribution in [3.63, 3.8) is 0 Å². The van der Waals surface area contributed by atoms with Crippen molar-refractivity contribution in [3.05, 3.63) is 21.9 Å². The zero-order chi connectivity index (χ0) is 6.69. The lowest BCUT2D eigenvalue weighted by atomic mass is 9.98. The molecule has 1 nitrogen and oxygen atoms in total. The zero-order valence-electron chi connectivity index (χ0n) is 4.84. The summed E-state index contributed by atoms with van der Waals surface area (Å²) in [6.07, 6.45) is 6.65. The molecular weight excluding hydrogens is 224 g/mol. The fraction of sp³-hybridized carbons (Fsp3) is 0.167. The minimum absolute atomic E-state index is 0.685. The second kappa shape index (κ2) is 3.20. The van der Waals surface area contributed by atoms with Gasteiger partial charge in [0, 0.05) is 0 Å². The highest BCUT2D eigenvalue weighted by Gasteiger charge is 1.91. The highest BCUT2D eigenvalue weighted by Crippen LogP contribution is 2.10. The minimum Gasteiger partial charge on any atom is -0.262 e. The monoisotopic (exact) mass is 229 g/mol. The van der Waals surface area contributed by atoms with Crippen molar-refractivity contribution in [3.8, 4) is 0 Å². The van der Waals surface area contributed by atoms with Crippen LogP contribution < -0.4 is 0 Å². The van der Waals surface area contributed by atoms with Crippen LogP contribution in [0, 0.1) is 0 Å². The van der Waals surface area contributed by atoms with Gasteiger partial charge >= 0.3 is 0 Å². The quantitative estimate of drug-likeness (QED) is 0.341. The van der Waals surface area contributed by atoms with Gasteiger partial charge in [0.05, 0.1) is 3.70 Å². The molecule has 9 heavy (non-hydrogen) atoms. The van der Waals surface area contributed by atoms with Gasteiger partial charge in [0.2, 0.25) is 0 Å². The third kappa shape index (κ3) is 2.34. The van der Waals surface area contributed by atoms with Crippen molar-refractivity contribution in [2.45, 2.75) is 6.42 Å². The molecule has 0 aromatic heterocycles. The third-order valence-electron chi connectivity index (χ3n) is 0.947. The molecule has 0 amide bonds. The van der Waals surface area contributed by atoms with Gasteiger partial charge in [-0.3, -0.25) is 4.99 Å². The van der Waals surface area contributed by atoms with E-state index in [1.165, 1.54) is 0 Å². The molecule has 0 aliphatic carbocycles. The highest BCUT2D eigenvalue weighted by molar-refractivity contribution is 14.1. The van der Waals surface area contributed by atoms with Gasteiger partial charge in [-0.2, -0.15) is 0 Å². The van der Waals surface area contributed by atoms with Gasteiger partial charge in [-0.25, -0.2) is 0 Å². The summed E-state index contributed by atoms with van der Waals surface area (Å²) in [6, 6.07) is 0. The third-order valence-corrected chi connectivity index (χ3v) is 1.55. The van der Waals surface area contributed by atoms with E-state index in [4.69, 9.17) is 7.85 Å². The summed E-state index contributed by atoms with van der Waals surface area (Å²) in [5, 5.41) is 0. The van der Waals surface area contributed by atoms with Gasteiger partial charge in [0.15, 0.2) is 0 Å². The molecule has 0 saturated heterocycles. The lowest BCUT2D eigenvalue weighted by Crippen LogP contribution is -1.92. The molecule has 1 rings (SSSR count). The summed E-state index contributed by atoms with van der Waals surface area (Å²) in [5.74, 6) is 0. The number of hydrogen-bond donors (Lipinski definition) is 0. The van der Waals surface area contributed by atoms with Gasteiger partial charge < -0.3 is 0 Å². The van der Waals surface area contributed by atoms with Gasteiger partial charge in [-0.05, 0) is 40.7 Å². The van der Waals surface area contributed by atoms with Crippen molar-refractivity contribution < 1.29 is 0 Å². The number of halogens is 1. The Morgan fingerprint density at radius 3 is 3.22 bits per heavy atom. The molecular formula is C6H5BIN. The van der Waals surface area contributed by atoms with Crippen molar-refractivity contribution in [1.82, 2.24) is 0 Å². The molecule has 1 aliphatic rings. The maximum Gasteiger partial charge on any atom is 0.136 e. The minimum atomic E-state index is 0.685. The average Bonchev–Trinajstić information content (AvgIpc) is 1.93.